The molecule has 1 aromatic heterocycles. The maximum Gasteiger partial charge on any atom is 0.274 e. The Morgan fingerprint density at radius 3 is 2.56 bits per heavy atom. The van der Waals surface area contributed by atoms with Gasteiger partial charge in [0.25, 0.3) is 5.91 Å². The van der Waals surface area contributed by atoms with Crippen LogP contribution >= 0.6 is 15.9 Å². The lowest BCUT2D eigenvalue weighted by molar-refractivity contribution is 0.102. The van der Waals surface area contributed by atoms with Gasteiger partial charge in [0.1, 0.15) is 5.69 Å². The number of benzene rings is 1. The minimum Gasteiger partial charge on any atom is -0.321 e. The monoisotopic (exact) mass is 304 g/mol. The van der Waals surface area contributed by atoms with Crippen LogP contribution in [0.5, 0.6) is 0 Å². The second-order valence-electron chi connectivity index (χ2n) is 4.11. The lowest BCUT2D eigenvalue weighted by Gasteiger charge is -2.07. The number of anilines is 1. The number of aromatic nitrogens is 1. The first-order valence-corrected chi connectivity index (χ1v) is 6.36. The molecule has 0 saturated carbocycles. The van der Waals surface area contributed by atoms with Crippen molar-refractivity contribution < 1.29 is 4.79 Å². The van der Waals surface area contributed by atoms with Gasteiger partial charge in [-0.15, -0.1) is 0 Å². The fourth-order valence-corrected chi connectivity index (χ4v) is 1.76. The standard InChI is InChI=1S/C14H13BrN2O/c1-9-3-5-12(7-10(9)2)17-14(18)13-6-4-11(15)8-16-13/h3-8H,1-2H3,(H,17,18). The molecule has 1 N–H and O–H groups in total. The Labute approximate surface area is 114 Å². The van der Waals surface area contributed by atoms with Gasteiger partial charge in [-0.05, 0) is 65.2 Å². The summed E-state index contributed by atoms with van der Waals surface area (Å²) in [5.41, 5.74) is 3.54. The van der Waals surface area contributed by atoms with E-state index in [0.717, 1.165) is 15.7 Å². The first-order chi connectivity index (χ1) is 8.56. The molecule has 0 atom stereocenters. The molecule has 1 heterocycles. The molecule has 2 rings (SSSR count). The van der Waals surface area contributed by atoms with E-state index in [4.69, 9.17) is 0 Å². The van der Waals surface area contributed by atoms with Crippen LogP contribution in [-0.4, -0.2) is 10.9 Å². The fraction of sp³-hybridized carbons (Fsp3) is 0.143. The second-order valence-corrected chi connectivity index (χ2v) is 5.03. The Balaban J connectivity index is 2.16. The molecule has 18 heavy (non-hydrogen) atoms. The summed E-state index contributed by atoms with van der Waals surface area (Å²) < 4.78 is 0.852. The number of hydrogen-bond acceptors (Lipinski definition) is 2. The Morgan fingerprint density at radius 1 is 1.17 bits per heavy atom. The van der Waals surface area contributed by atoms with Crippen LogP contribution < -0.4 is 5.32 Å². The number of amides is 1. The highest BCUT2D eigenvalue weighted by atomic mass is 79.9. The number of carbonyl (C=O) groups excluding carboxylic acids is 1. The van der Waals surface area contributed by atoms with E-state index in [9.17, 15) is 4.79 Å². The Bertz CT molecular complexity index is 579. The SMILES string of the molecule is Cc1ccc(NC(=O)c2ccc(Br)cn2)cc1C. The van der Waals surface area contributed by atoms with Gasteiger partial charge in [-0.2, -0.15) is 0 Å². The number of nitrogens with one attached hydrogen (secondary N) is 1. The predicted molar refractivity (Wildman–Crippen MR) is 75.8 cm³/mol. The molecule has 0 aliphatic heterocycles. The lowest BCUT2D eigenvalue weighted by atomic mass is 10.1. The van der Waals surface area contributed by atoms with Gasteiger partial charge in [0.2, 0.25) is 0 Å². The molecule has 0 fully saturated rings. The summed E-state index contributed by atoms with van der Waals surface area (Å²) in [6.07, 6.45) is 1.61. The van der Waals surface area contributed by atoms with Crippen LogP contribution in [0, 0.1) is 13.8 Å². The summed E-state index contributed by atoms with van der Waals surface area (Å²) in [6, 6.07) is 9.30. The summed E-state index contributed by atoms with van der Waals surface area (Å²) in [5.74, 6) is -0.203. The van der Waals surface area contributed by atoms with Gasteiger partial charge in [-0.3, -0.25) is 4.79 Å². The number of halogens is 1. The minimum atomic E-state index is -0.203. The molecule has 0 spiro atoms. The van der Waals surface area contributed by atoms with E-state index in [1.54, 1.807) is 18.3 Å². The van der Waals surface area contributed by atoms with Crippen LogP contribution in [0.15, 0.2) is 41.0 Å². The fourth-order valence-electron chi connectivity index (χ4n) is 1.52. The lowest BCUT2D eigenvalue weighted by Crippen LogP contribution is -2.13. The molecule has 1 aromatic carbocycles. The largest absolute Gasteiger partial charge is 0.321 e. The van der Waals surface area contributed by atoms with Crippen molar-refractivity contribution in [3.63, 3.8) is 0 Å². The maximum absolute atomic E-state index is 11.9. The molecule has 2 aromatic rings. The van der Waals surface area contributed by atoms with Gasteiger partial charge in [-0.25, -0.2) is 4.98 Å². The van der Waals surface area contributed by atoms with Gasteiger partial charge in [0.05, 0.1) is 0 Å². The quantitative estimate of drug-likeness (QED) is 0.919. The highest BCUT2D eigenvalue weighted by molar-refractivity contribution is 9.10. The number of hydrogen-bond donors (Lipinski definition) is 1. The van der Waals surface area contributed by atoms with Crippen molar-refractivity contribution in [3.8, 4) is 0 Å². The molecule has 0 bridgehead atoms. The third-order valence-electron chi connectivity index (χ3n) is 2.72. The number of pyridine rings is 1. The van der Waals surface area contributed by atoms with Gasteiger partial charge in [-0.1, -0.05) is 6.07 Å². The summed E-state index contributed by atoms with van der Waals surface area (Å²) >= 11 is 3.28. The third kappa shape index (κ3) is 2.96. The van der Waals surface area contributed by atoms with Crippen LogP contribution in [0.3, 0.4) is 0 Å². The van der Waals surface area contributed by atoms with E-state index < -0.39 is 0 Å². The van der Waals surface area contributed by atoms with Crippen LogP contribution in [-0.2, 0) is 0 Å². The Morgan fingerprint density at radius 2 is 1.94 bits per heavy atom. The normalized spacial score (nSPS) is 10.2. The maximum atomic E-state index is 11.9. The van der Waals surface area contributed by atoms with Gasteiger partial charge in [0.15, 0.2) is 0 Å². The van der Waals surface area contributed by atoms with E-state index in [0.29, 0.717) is 5.69 Å². The van der Waals surface area contributed by atoms with Crippen LogP contribution in [0.25, 0.3) is 0 Å². The number of rotatable bonds is 2. The van der Waals surface area contributed by atoms with Gasteiger partial charge >= 0.3 is 0 Å². The number of aryl methyl sites for hydroxylation is 2. The van der Waals surface area contributed by atoms with Crippen LogP contribution in [0.2, 0.25) is 0 Å². The van der Waals surface area contributed by atoms with Crippen molar-refractivity contribution in [1.29, 1.82) is 0 Å². The van der Waals surface area contributed by atoms with Gasteiger partial charge in [0, 0.05) is 16.4 Å². The Kier molecular flexibility index (Phi) is 3.77. The smallest absolute Gasteiger partial charge is 0.274 e. The summed E-state index contributed by atoms with van der Waals surface area (Å²) in [7, 11) is 0. The van der Waals surface area contributed by atoms with E-state index >= 15 is 0 Å². The molecule has 3 nitrogen and oxygen atoms in total. The predicted octanol–water partition coefficient (Wildman–Crippen LogP) is 3.71. The number of nitrogens with zero attached hydrogens (tertiary/aromatic N) is 1. The van der Waals surface area contributed by atoms with Crippen LogP contribution in [0.1, 0.15) is 21.6 Å². The van der Waals surface area contributed by atoms with Gasteiger partial charge < -0.3 is 5.32 Å². The molecular formula is C14H13BrN2O. The highest BCUT2D eigenvalue weighted by Crippen LogP contribution is 2.15. The van der Waals surface area contributed by atoms with E-state index in [-0.39, 0.29) is 5.91 Å². The molecule has 1 amide bonds. The van der Waals surface area contributed by atoms with Crippen molar-refractivity contribution in [1.82, 2.24) is 4.98 Å². The highest BCUT2D eigenvalue weighted by Gasteiger charge is 2.07. The molecule has 0 aliphatic carbocycles. The molecule has 4 heteroatoms. The first-order valence-electron chi connectivity index (χ1n) is 5.56. The molecule has 0 aliphatic rings. The molecule has 0 unspecified atom stereocenters. The van der Waals surface area contributed by atoms with Crippen LogP contribution in [0.4, 0.5) is 5.69 Å². The average molecular weight is 305 g/mol. The second kappa shape index (κ2) is 5.31. The minimum absolute atomic E-state index is 0.203. The average Bonchev–Trinajstić information content (AvgIpc) is 2.34. The Hall–Kier alpha value is -1.68. The zero-order chi connectivity index (χ0) is 13.1. The summed E-state index contributed by atoms with van der Waals surface area (Å²) in [4.78, 5) is 16.0. The van der Waals surface area contributed by atoms with Crippen molar-refractivity contribution in [2.45, 2.75) is 13.8 Å². The third-order valence-corrected chi connectivity index (χ3v) is 3.19. The number of carbonyl (C=O) groups is 1. The summed E-state index contributed by atoms with van der Waals surface area (Å²) in [6.45, 7) is 4.06. The van der Waals surface area contributed by atoms with Crippen molar-refractivity contribution in [2.24, 2.45) is 0 Å². The topological polar surface area (TPSA) is 42.0 Å². The summed E-state index contributed by atoms with van der Waals surface area (Å²) in [5, 5.41) is 2.83. The molecule has 0 radical (unpaired) electrons. The van der Waals surface area contributed by atoms with E-state index in [1.165, 1.54) is 5.56 Å². The zero-order valence-electron chi connectivity index (χ0n) is 10.2. The molecule has 92 valence electrons. The zero-order valence-corrected chi connectivity index (χ0v) is 11.8. The van der Waals surface area contributed by atoms with E-state index in [2.05, 4.69) is 26.2 Å². The van der Waals surface area contributed by atoms with Crippen molar-refractivity contribution in [2.75, 3.05) is 5.32 Å². The van der Waals surface area contributed by atoms with E-state index in [1.807, 2.05) is 32.0 Å². The molecule has 0 saturated heterocycles. The first kappa shape index (κ1) is 12.8. The van der Waals surface area contributed by atoms with Crippen molar-refractivity contribution >= 4 is 27.5 Å². The van der Waals surface area contributed by atoms with Crippen molar-refractivity contribution in [3.05, 3.63) is 57.8 Å². The molecular weight excluding hydrogens is 292 g/mol.